The molecule has 18 heavy (non-hydrogen) atoms. The maximum absolute atomic E-state index is 12.5. The van der Waals surface area contributed by atoms with Gasteiger partial charge < -0.3 is 9.26 Å². The van der Waals surface area contributed by atoms with E-state index in [9.17, 15) is 9.36 Å². The van der Waals surface area contributed by atoms with Gasteiger partial charge in [-0.05, 0) is 12.8 Å². The number of ether oxygens (including phenoxy) is 1. The van der Waals surface area contributed by atoms with Crippen molar-refractivity contribution in [2.75, 3.05) is 19.4 Å². The Kier molecular flexibility index (Phi) is 9.39. The summed E-state index contributed by atoms with van der Waals surface area (Å²) >= 11 is 0. The molecule has 0 heterocycles. The first-order valence-electron chi connectivity index (χ1n) is 6.89. The smallest absolute Gasteiger partial charge is 0.305 e. The lowest BCUT2D eigenvalue weighted by Crippen LogP contribution is -2.14. The van der Waals surface area contributed by atoms with Crippen LogP contribution in [0.5, 0.6) is 0 Å². The summed E-state index contributed by atoms with van der Waals surface area (Å²) in [6.07, 6.45) is 3.49. The molecule has 0 aliphatic rings. The van der Waals surface area contributed by atoms with Crippen molar-refractivity contribution in [3.8, 4) is 0 Å². The first-order valence-corrected chi connectivity index (χ1v) is 8.76. The zero-order chi connectivity index (χ0) is 14.0. The molecule has 0 spiro atoms. The molecule has 0 rings (SSSR count). The Morgan fingerprint density at radius 3 is 2.39 bits per heavy atom. The Morgan fingerprint density at radius 2 is 1.89 bits per heavy atom. The molecule has 108 valence electrons. The summed E-state index contributed by atoms with van der Waals surface area (Å²) < 4.78 is 23.1. The van der Waals surface area contributed by atoms with Crippen molar-refractivity contribution >= 4 is 13.3 Å². The van der Waals surface area contributed by atoms with Gasteiger partial charge in [0.1, 0.15) is 0 Å². The molecule has 0 radical (unpaired) electrons. The predicted octanol–water partition coefficient (Wildman–Crippen LogP) is 3.83. The fourth-order valence-corrected chi connectivity index (χ4v) is 3.53. The molecular formula is C13H27O4P. The fourth-order valence-electron chi connectivity index (χ4n) is 1.54. The van der Waals surface area contributed by atoms with Gasteiger partial charge in [0.2, 0.25) is 7.37 Å². The van der Waals surface area contributed by atoms with Crippen LogP contribution in [0, 0.1) is 0 Å². The number of unbranched alkanes of at least 4 members (excludes halogenated alkanes) is 1. The Morgan fingerprint density at radius 1 is 1.22 bits per heavy atom. The van der Waals surface area contributed by atoms with Crippen LogP contribution in [0.2, 0.25) is 0 Å². The van der Waals surface area contributed by atoms with Gasteiger partial charge in [-0.25, -0.2) is 0 Å². The number of hydrogen-bond donors (Lipinski definition) is 0. The van der Waals surface area contributed by atoms with Crippen molar-refractivity contribution in [3.05, 3.63) is 0 Å². The van der Waals surface area contributed by atoms with Gasteiger partial charge in [0.25, 0.3) is 0 Å². The molecule has 0 aromatic heterocycles. The van der Waals surface area contributed by atoms with E-state index in [0.29, 0.717) is 32.2 Å². The molecule has 0 aliphatic carbocycles. The molecule has 2 unspecified atom stereocenters. The highest BCUT2D eigenvalue weighted by Crippen LogP contribution is 2.52. The van der Waals surface area contributed by atoms with E-state index >= 15 is 0 Å². The Bertz CT molecular complexity index is 278. The van der Waals surface area contributed by atoms with E-state index in [4.69, 9.17) is 9.26 Å². The third kappa shape index (κ3) is 6.55. The number of carbonyl (C=O) groups is 1. The van der Waals surface area contributed by atoms with Gasteiger partial charge >= 0.3 is 5.97 Å². The predicted molar refractivity (Wildman–Crippen MR) is 74.3 cm³/mol. The van der Waals surface area contributed by atoms with Gasteiger partial charge in [-0.3, -0.25) is 9.36 Å². The molecule has 0 amide bonds. The summed E-state index contributed by atoms with van der Waals surface area (Å²) in [4.78, 5) is 11.0. The van der Waals surface area contributed by atoms with Crippen LogP contribution in [-0.4, -0.2) is 31.0 Å². The highest BCUT2D eigenvalue weighted by atomic mass is 31.2. The summed E-state index contributed by atoms with van der Waals surface area (Å²) in [5.41, 5.74) is -0.0518. The molecule has 0 bridgehead atoms. The second-order valence-electron chi connectivity index (χ2n) is 4.44. The van der Waals surface area contributed by atoms with Crippen LogP contribution in [0.4, 0.5) is 0 Å². The summed E-state index contributed by atoms with van der Waals surface area (Å²) in [5.74, 6) is -0.208. The van der Waals surface area contributed by atoms with Crippen LogP contribution in [0.25, 0.3) is 0 Å². The lowest BCUT2D eigenvalue weighted by atomic mass is 10.3. The molecule has 0 aliphatic heterocycles. The van der Waals surface area contributed by atoms with Gasteiger partial charge in [-0.15, -0.1) is 0 Å². The number of carbonyl (C=O) groups excluding carboxylic acids is 1. The zero-order valence-corrected chi connectivity index (χ0v) is 13.0. The lowest BCUT2D eigenvalue weighted by Gasteiger charge is -2.23. The van der Waals surface area contributed by atoms with Crippen LogP contribution in [0.3, 0.4) is 0 Å². The zero-order valence-electron chi connectivity index (χ0n) is 12.1. The van der Waals surface area contributed by atoms with Crippen molar-refractivity contribution in [2.45, 2.75) is 59.0 Å². The van der Waals surface area contributed by atoms with E-state index in [0.717, 1.165) is 12.8 Å². The Labute approximate surface area is 111 Å². The average molecular weight is 278 g/mol. The third-order valence-electron chi connectivity index (χ3n) is 3.01. The number of hydrogen-bond acceptors (Lipinski definition) is 4. The monoisotopic (exact) mass is 278 g/mol. The van der Waals surface area contributed by atoms with Crippen molar-refractivity contribution < 1.29 is 18.6 Å². The van der Waals surface area contributed by atoms with Crippen LogP contribution in [-0.2, 0) is 18.6 Å². The van der Waals surface area contributed by atoms with E-state index in [-0.39, 0.29) is 11.6 Å². The molecule has 5 heteroatoms. The van der Waals surface area contributed by atoms with Crippen LogP contribution < -0.4 is 0 Å². The van der Waals surface area contributed by atoms with Gasteiger partial charge in [-0.2, -0.15) is 0 Å². The minimum atomic E-state index is -2.58. The molecule has 0 saturated heterocycles. The van der Waals surface area contributed by atoms with Crippen molar-refractivity contribution in [1.29, 1.82) is 0 Å². The molecule has 0 fully saturated rings. The first-order chi connectivity index (χ1) is 8.50. The lowest BCUT2D eigenvalue weighted by molar-refractivity contribution is -0.143. The molecular weight excluding hydrogens is 251 g/mol. The summed E-state index contributed by atoms with van der Waals surface area (Å²) in [7, 11) is -2.58. The minimum Gasteiger partial charge on any atom is -0.466 e. The Balaban J connectivity index is 4.11. The molecule has 0 saturated carbocycles. The molecule has 4 nitrogen and oxygen atoms in total. The van der Waals surface area contributed by atoms with Gasteiger partial charge in [-0.1, -0.05) is 34.1 Å². The second-order valence-corrected chi connectivity index (χ2v) is 7.67. The third-order valence-corrected chi connectivity index (χ3v) is 6.11. The fraction of sp³-hybridized carbons (Fsp3) is 0.923. The van der Waals surface area contributed by atoms with Crippen molar-refractivity contribution in [3.63, 3.8) is 0 Å². The first kappa shape index (κ1) is 17.7. The summed E-state index contributed by atoms with van der Waals surface area (Å²) in [6.45, 7) is 8.53. The molecule has 2 atom stereocenters. The second kappa shape index (κ2) is 9.57. The maximum atomic E-state index is 12.5. The number of esters is 1. The normalized spacial score (nSPS) is 16.0. The molecule has 0 N–H and O–H groups in total. The Hall–Kier alpha value is -0.340. The highest BCUT2D eigenvalue weighted by Gasteiger charge is 2.28. The van der Waals surface area contributed by atoms with Crippen LogP contribution in [0.15, 0.2) is 0 Å². The highest BCUT2D eigenvalue weighted by molar-refractivity contribution is 7.59. The van der Waals surface area contributed by atoms with Crippen LogP contribution in [0.1, 0.15) is 53.4 Å². The van der Waals surface area contributed by atoms with E-state index in [1.807, 2.05) is 13.8 Å². The van der Waals surface area contributed by atoms with Gasteiger partial charge in [0.15, 0.2) is 0 Å². The average Bonchev–Trinajstić information content (AvgIpc) is 2.38. The summed E-state index contributed by atoms with van der Waals surface area (Å²) in [6, 6.07) is 0. The molecule has 0 aromatic carbocycles. The van der Waals surface area contributed by atoms with E-state index < -0.39 is 7.37 Å². The van der Waals surface area contributed by atoms with E-state index in [1.54, 1.807) is 6.92 Å². The largest absolute Gasteiger partial charge is 0.466 e. The van der Waals surface area contributed by atoms with Gasteiger partial charge in [0, 0.05) is 18.2 Å². The maximum Gasteiger partial charge on any atom is 0.305 e. The van der Waals surface area contributed by atoms with Crippen molar-refractivity contribution in [2.24, 2.45) is 0 Å². The number of rotatable bonds is 10. The molecule has 0 aromatic rings. The summed E-state index contributed by atoms with van der Waals surface area (Å²) in [5, 5.41) is 0. The van der Waals surface area contributed by atoms with Gasteiger partial charge in [0.05, 0.1) is 13.2 Å². The van der Waals surface area contributed by atoms with E-state index in [1.165, 1.54) is 0 Å². The standard InChI is InChI=1S/C13H27O4P/c1-5-8-10-17-18(15,7-3)12(4)9-11-16-13(14)6-2/h12H,5-11H2,1-4H3. The van der Waals surface area contributed by atoms with Crippen LogP contribution >= 0.6 is 7.37 Å². The topological polar surface area (TPSA) is 52.6 Å². The van der Waals surface area contributed by atoms with Crippen molar-refractivity contribution in [1.82, 2.24) is 0 Å². The van der Waals surface area contributed by atoms with E-state index in [2.05, 4.69) is 6.92 Å². The quantitative estimate of drug-likeness (QED) is 0.346. The minimum absolute atomic E-state index is 0.0518. The SMILES string of the molecule is CCCCOP(=O)(CC)C(C)CCOC(=O)CC.